The Morgan fingerprint density at radius 1 is 1.29 bits per heavy atom. The van der Waals surface area contributed by atoms with Gasteiger partial charge in [-0.2, -0.15) is 0 Å². The van der Waals surface area contributed by atoms with Crippen LogP contribution in [0.5, 0.6) is 0 Å². The molecule has 2 aliphatic rings. The van der Waals surface area contributed by atoms with E-state index in [9.17, 15) is 4.79 Å². The standard InChI is InChI=1S/C22H28N4O2/c1-26-10-9-20-19(21(25-15-24-20)16-6-3-2-4-7-16)12-17(14-26)22(27)23-13-18-8-5-11-28-18/h2-4,6-7,15,17-18H,5,8-14H2,1H3,(H,23,27)/t17-,18-/m0/s1. The van der Waals surface area contributed by atoms with Crippen LogP contribution < -0.4 is 5.32 Å². The molecular formula is C22H28N4O2. The van der Waals surface area contributed by atoms with Crippen molar-refractivity contribution >= 4 is 5.91 Å². The van der Waals surface area contributed by atoms with Crippen molar-refractivity contribution in [2.45, 2.75) is 31.8 Å². The molecule has 2 aromatic rings. The number of nitrogens with one attached hydrogen (secondary N) is 1. The van der Waals surface area contributed by atoms with Gasteiger partial charge in [-0.3, -0.25) is 4.79 Å². The lowest BCUT2D eigenvalue weighted by molar-refractivity contribution is -0.126. The summed E-state index contributed by atoms with van der Waals surface area (Å²) < 4.78 is 5.64. The van der Waals surface area contributed by atoms with Gasteiger partial charge in [-0.25, -0.2) is 9.97 Å². The zero-order valence-corrected chi connectivity index (χ0v) is 16.4. The van der Waals surface area contributed by atoms with Crippen LogP contribution in [-0.2, 0) is 22.4 Å². The third-order valence-corrected chi connectivity index (χ3v) is 5.69. The number of ether oxygens (including phenoxy) is 1. The van der Waals surface area contributed by atoms with Gasteiger partial charge in [0.25, 0.3) is 0 Å². The van der Waals surface area contributed by atoms with Crippen LogP contribution in [0, 0.1) is 5.92 Å². The highest BCUT2D eigenvalue weighted by atomic mass is 16.5. The fourth-order valence-corrected chi connectivity index (χ4v) is 4.14. The largest absolute Gasteiger partial charge is 0.376 e. The van der Waals surface area contributed by atoms with Crippen LogP contribution in [0.15, 0.2) is 36.7 Å². The Bertz CT molecular complexity index is 805. The number of carbonyl (C=O) groups excluding carboxylic acids is 1. The van der Waals surface area contributed by atoms with Gasteiger partial charge in [0.15, 0.2) is 0 Å². The van der Waals surface area contributed by atoms with Gasteiger partial charge in [0.05, 0.1) is 17.7 Å². The zero-order valence-electron chi connectivity index (χ0n) is 16.4. The minimum Gasteiger partial charge on any atom is -0.376 e. The lowest BCUT2D eigenvalue weighted by Gasteiger charge is -2.28. The minimum absolute atomic E-state index is 0.0954. The lowest BCUT2D eigenvalue weighted by atomic mass is 9.90. The van der Waals surface area contributed by atoms with Crippen molar-refractivity contribution in [1.82, 2.24) is 20.2 Å². The maximum absolute atomic E-state index is 13.0. The molecule has 1 N–H and O–H groups in total. The van der Waals surface area contributed by atoms with Gasteiger partial charge < -0.3 is 15.0 Å². The van der Waals surface area contributed by atoms with Crippen LogP contribution in [0.1, 0.15) is 24.1 Å². The Balaban J connectivity index is 1.58. The average Bonchev–Trinajstić information content (AvgIpc) is 3.23. The summed E-state index contributed by atoms with van der Waals surface area (Å²) >= 11 is 0. The number of nitrogens with zero attached hydrogens (tertiary/aromatic N) is 3. The molecule has 1 fully saturated rings. The van der Waals surface area contributed by atoms with Crippen LogP contribution in [0.4, 0.5) is 0 Å². The highest BCUT2D eigenvalue weighted by molar-refractivity contribution is 5.80. The molecule has 4 rings (SSSR count). The van der Waals surface area contributed by atoms with Crippen molar-refractivity contribution in [1.29, 1.82) is 0 Å². The van der Waals surface area contributed by atoms with E-state index in [2.05, 4.69) is 39.4 Å². The highest BCUT2D eigenvalue weighted by Gasteiger charge is 2.28. The Labute approximate surface area is 166 Å². The second kappa shape index (κ2) is 8.80. The maximum Gasteiger partial charge on any atom is 0.224 e. The lowest BCUT2D eigenvalue weighted by Crippen LogP contribution is -2.43. The second-order valence-corrected chi connectivity index (χ2v) is 7.81. The Morgan fingerprint density at radius 3 is 2.93 bits per heavy atom. The summed E-state index contributed by atoms with van der Waals surface area (Å²) in [5.74, 6) is -0.0306. The number of hydrogen-bond acceptors (Lipinski definition) is 5. The number of hydrogen-bond donors (Lipinski definition) is 1. The van der Waals surface area contributed by atoms with E-state index in [0.29, 0.717) is 13.0 Å². The molecule has 0 bridgehead atoms. The molecule has 1 aromatic heterocycles. The Morgan fingerprint density at radius 2 is 2.14 bits per heavy atom. The van der Waals surface area contributed by atoms with Gasteiger partial charge in [-0.15, -0.1) is 0 Å². The quantitative estimate of drug-likeness (QED) is 0.880. The highest BCUT2D eigenvalue weighted by Crippen LogP contribution is 2.27. The minimum atomic E-state index is -0.126. The van der Waals surface area contributed by atoms with Crippen molar-refractivity contribution < 1.29 is 9.53 Å². The van der Waals surface area contributed by atoms with Crippen LogP contribution in [-0.4, -0.2) is 60.2 Å². The number of rotatable bonds is 4. The van der Waals surface area contributed by atoms with E-state index < -0.39 is 0 Å². The molecule has 6 nitrogen and oxygen atoms in total. The summed E-state index contributed by atoms with van der Waals surface area (Å²) in [6.07, 6.45) is 5.44. The van der Waals surface area contributed by atoms with Crippen LogP contribution in [0.2, 0.25) is 0 Å². The fraction of sp³-hybridized carbons (Fsp3) is 0.500. The van der Waals surface area contributed by atoms with Crippen LogP contribution in [0.25, 0.3) is 11.3 Å². The van der Waals surface area contributed by atoms with E-state index in [-0.39, 0.29) is 17.9 Å². The Kier molecular flexibility index (Phi) is 5.98. The normalized spacial score (nSPS) is 22.9. The summed E-state index contributed by atoms with van der Waals surface area (Å²) in [6, 6.07) is 10.2. The van der Waals surface area contributed by atoms with Crippen LogP contribution in [0.3, 0.4) is 0 Å². The molecule has 0 radical (unpaired) electrons. The first-order valence-electron chi connectivity index (χ1n) is 10.2. The molecule has 0 aliphatic carbocycles. The van der Waals surface area contributed by atoms with E-state index >= 15 is 0 Å². The third kappa shape index (κ3) is 4.39. The number of likely N-dealkylation sites (N-methyl/N-ethyl adjacent to an activating group) is 1. The van der Waals surface area contributed by atoms with Gasteiger partial charge in [-0.05, 0) is 26.3 Å². The molecule has 1 aromatic carbocycles. The molecular weight excluding hydrogens is 352 g/mol. The molecule has 148 valence electrons. The molecule has 3 heterocycles. The fourth-order valence-electron chi connectivity index (χ4n) is 4.14. The number of benzene rings is 1. The second-order valence-electron chi connectivity index (χ2n) is 7.81. The van der Waals surface area contributed by atoms with Crippen molar-refractivity contribution in [2.24, 2.45) is 5.92 Å². The summed E-state index contributed by atoms with van der Waals surface area (Å²) in [5, 5.41) is 3.12. The molecule has 0 saturated carbocycles. The van der Waals surface area contributed by atoms with E-state index in [1.54, 1.807) is 6.33 Å². The topological polar surface area (TPSA) is 67.4 Å². The number of aromatic nitrogens is 2. The molecule has 0 spiro atoms. The van der Waals surface area contributed by atoms with Gasteiger partial charge >= 0.3 is 0 Å². The van der Waals surface area contributed by atoms with E-state index in [0.717, 1.165) is 61.5 Å². The van der Waals surface area contributed by atoms with Crippen molar-refractivity contribution in [3.63, 3.8) is 0 Å². The Hall–Kier alpha value is -2.31. The first kappa shape index (κ1) is 19.0. The predicted molar refractivity (Wildman–Crippen MR) is 108 cm³/mol. The summed E-state index contributed by atoms with van der Waals surface area (Å²) in [4.78, 5) is 24.3. The van der Waals surface area contributed by atoms with Gasteiger partial charge in [0, 0.05) is 49.5 Å². The monoisotopic (exact) mass is 380 g/mol. The molecule has 1 amide bonds. The molecule has 1 saturated heterocycles. The van der Waals surface area contributed by atoms with Crippen LogP contribution >= 0.6 is 0 Å². The number of amides is 1. The summed E-state index contributed by atoms with van der Waals surface area (Å²) in [7, 11) is 2.07. The molecule has 6 heteroatoms. The molecule has 2 atom stereocenters. The van der Waals surface area contributed by atoms with Gasteiger partial charge in [0.2, 0.25) is 5.91 Å². The number of fused-ring (bicyclic) bond motifs is 1. The van der Waals surface area contributed by atoms with Gasteiger partial charge in [0.1, 0.15) is 6.33 Å². The predicted octanol–water partition coefficient (Wildman–Crippen LogP) is 2.09. The van der Waals surface area contributed by atoms with Crippen molar-refractivity contribution in [2.75, 3.05) is 33.3 Å². The van der Waals surface area contributed by atoms with E-state index in [1.807, 2.05) is 18.2 Å². The molecule has 28 heavy (non-hydrogen) atoms. The first-order chi connectivity index (χ1) is 13.7. The summed E-state index contributed by atoms with van der Waals surface area (Å²) in [6.45, 7) is 3.02. The third-order valence-electron chi connectivity index (χ3n) is 5.69. The zero-order chi connectivity index (χ0) is 19.3. The van der Waals surface area contributed by atoms with Crippen molar-refractivity contribution in [3.05, 3.63) is 47.9 Å². The van der Waals surface area contributed by atoms with E-state index in [4.69, 9.17) is 4.74 Å². The average molecular weight is 380 g/mol. The SMILES string of the molecule is CN1CCc2ncnc(-c3ccccc3)c2C[C@H](C(=O)NC[C@@H]2CCCO2)C1. The number of carbonyl (C=O) groups is 1. The molecule has 0 unspecified atom stereocenters. The maximum atomic E-state index is 13.0. The van der Waals surface area contributed by atoms with Gasteiger partial charge in [-0.1, -0.05) is 30.3 Å². The first-order valence-corrected chi connectivity index (χ1v) is 10.2. The van der Waals surface area contributed by atoms with Crippen molar-refractivity contribution in [3.8, 4) is 11.3 Å². The van der Waals surface area contributed by atoms with E-state index in [1.165, 1.54) is 0 Å². The smallest absolute Gasteiger partial charge is 0.224 e. The summed E-state index contributed by atoms with van der Waals surface area (Å²) in [5.41, 5.74) is 4.19. The molecule has 2 aliphatic heterocycles.